The molecule has 15 heavy (non-hydrogen) atoms. The Kier molecular flexibility index (Phi) is 2.67. The van der Waals surface area contributed by atoms with Crippen LogP contribution in [0.4, 0.5) is 0 Å². The van der Waals surface area contributed by atoms with Gasteiger partial charge in [0.15, 0.2) is 5.92 Å². The Balaban J connectivity index is 1.83. The summed E-state index contributed by atoms with van der Waals surface area (Å²) in [5, 5.41) is 2.50. The summed E-state index contributed by atoms with van der Waals surface area (Å²) in [6, 6.07) is 9.38. The van der Waals surface area contributed by atoms with E-state index in [0.29, 0.717) is 6.54 Å². The molecule has 0 bridgehead atoms. The van der Waals surface area contributed by atoms with Crippen LogP contribution in [0, 0.1) is 5.92 Å². The normalized spacial score (nSPS) is 18.9. The van der Waals surface area contributed by atoms with E-state index in [0.717, 1.165) is 5.56 Å². The molecule has 78 valence electrons. The first kappa shape index (κ1) is 9.71. The molecule has 1 heterocycles. The van der Waals surface area contributed by atoms with E-state index in [1.54, 1.807) is 0 Å². The van der Waals surface area contributed by atoms with Crippen LogP contribution in [0.2, 0.25) is 0 Å². The summed E-state index contributed by atoms with van der Waals surface area (Å²) in [4.78, 5) is 22.2. The molecule has 0 spiro atoms. The van der Waals surface area contributed by atoms with E-state index in [1.165, 1.54) is 0 Å². The predicted molar refractivity (Wildman–Crippen MR) is 52.7 cm³/mol. The molecule has 1 fully saturated rings. The van der Waals surface area contributed by atoms with Gasteiger partial charge in [0.1, 0.15) is 6.61 Å². The standard InChI is InChI=1S/C11H11NO3/c13-10-9(6-12-10)11(14)15-7-8-4-2-1-3-5-8/h1-5,9H,6-7H2,(H,12,13)/t9-/m1/s1. The zero-order valence-corrected chi connectivity index (χ0v) is 8.10. The van der Waals surface area contributed by atoms with Crippen LogP contribution in [-0.2, 0) is 20.9 Å². The maximum Gasteiger partial charge on any atom is 0.320 e. The minimum absolute atomic E-state index is 0.226. The van der Waals surface area contributed by atoms with Gasteiger partial charge in [-0.05, 0) is 5.56 Å². The summed E-state index contributed by atoms with van der Waals surface area (Å²) in [6.45, 7) is 0.621. The lowest BCUT2D eigenvalue weighted by molar-refractivity contribution is -0.157. The van der Waals surface area contributed by atoms with Crippen molar-refractivity contribution in [1.82, 2.24) is 5.32 Å². The smallest absolute Gasteiger partial charge is 0.320 e. The van der Waals surface area contributed by atoms with E-state index < -0.39 is 11.9 Å². The van der Waals surface area contributed by atoms with Crippen molar-refractivity contribution in [2.75, 3.05) is 6.54 Å². The first-order valence-electron chi connectivity index (χ1n) is 4.75. The lowest BCUT2D eigenvalue weighted by atomic mass is 10.0. The second-order valence-corrected chi connectivity index (χ2v) is 3.39. The minimum atomic E-state index is -0.603. The summed E-state index contributed by atoms with van der Waals surface area (Å²) in [7, 11) is 0. The van der Waals surface area contributed by atoms with Crippen LogP contribution in [0.15, 0.2) is 30.3 Å². The number of benzene rings is 1. The van der Waals surface area contributed by atoms with E-state index in [4.69, 9.17) is 4.74 Å². The number of amides is 1. The molecule has 0 aromatic heterocycles. The molecule has 4 heteroatoms. The fraction of sp³-hybridized carbons (Fsp3) is 0.273. The van der Waals surface area contributed by atoms with Gasteiger partial charge in [0.25, 0.3) is 0 Å². The van der Waals surface area contributed by atoms with Crippen molar-refractivity contribution in [2.45, 2.75) is 6.61 Å². The van der Waals surface area contributed by atoms with Crippen molar-refractivity contribution in [3.05, 3.63) is 35.9 Å². The minimum Gasteiger partial charge on any atom is -0.460 e. The van der Waals surface area contributed by atoms with E-state index in [-0.39, 0.29) is 12.5 Å². The summed E-state index contributed by atoms with van der Waals surface area (Å²) in [6.07, 6.45) is 0. The second kappa shape index (κ2) is 4.13. The monoisotopic (exact) mass is 205 g/mol. The number of carbonyl (C=O) groups is 2. The molecule has 1 aliphatic heterocycles. The highest BCUT2D eigenvalue weighted by Gasteiger charge is 2.35. The molecular weight excluding hydrogens is 194 g/mol. The van der Waals surface area contributed by atoms with Crippen molar-refractivity contribution < 1.29 is 14.3 Å². The van der Waals surface area contributed by atoms with Gasteiger partial charge in [0, 0.05) is 6.54 Å². The zero-order chi connectivity index (χ0) is 10.7. The SMILES string of the molecule is O=C1NC[C@H]1C(=O)OCc1ccccc1. The molecular formula is C11H11NO3. The molecule has 1 atom stereocenters. The van der Waals surface area contributed by atoms with Gasteiger partial charge in [-0.2, -0.15) is 0 Å². The van der Waals surface area contributed by atoms with Gasteiger partial charge in [0.2, 0.25) is 5.91 Å². The second-order valence-electron chi connectivity index (χ2n) is 3.39. The Morgan fingerprint density at radius 1 is 1.40 bits per heavy atom. The van der Waals surface area contributed by atoms with Crippen molar-refractivity contribution >= 4 is 11.9 Å². The Bertz CT molecular complexity index is 375. The lowest BCUT2D eigenvalue weighted by Crippen LogP contribution is -2.52. The summed E-state index contributed by atoms with van der Waals surface area (Å²) < 4.78 is 5.00. The van der Waals surface area contributed by atoms with Crippen LogP contribution >= 0.6 is 0 Å². The highest BCUT2D eigenvalue weighted by atomic mass is 16.5. The summed E-state index contributed by atoms with van der Waals surface area (Å²) in [5.74, 6) is -1.29. The average molecular weight is 205 g/mol. The average Bonchev–Trinajstić information content (AvgIpc) is 2.26. The molecule has 1 N–H and O–H groups in total. The molecule has 1 aliphatic rings. The maximum absolute atomic E-state index is 11.3. The van der Waals surface area contributed by atoms with Crippen LogP contribution in [0.5, 0.6) is 0 Å². The van der Waals surface area contributed by atoms with Crippen molar-refractivity contribution in [1.29, 1.82) is 0 Å². The van der Waals surface area contributed by atoms with E-state index in [9.17, 15) is 9.59 Å². The highest BCUT2D eigenvalue weighted by molar-refractivity contribution is 6.02. The lowest BCUT2D eigenvalue weighted by Gasteiger charge is -2.23. The number of carbonyl (C=O) groups excluding carboxylic acids is 2. The third-order valence-corrected chi connectivity index (χ3v) is 2.31. The van der Waals surface area contributed by atoms with Crippen LogP contribution < -0.4 is 5.32 Å². The largest absolute Gasteiger partial charge is 0.460 e. The summed E-state index contributed by atoms with van der Waals surface area (Å²) >= 11 is 0. The Labute approximate surface area is 87.2 Å². The third kappa shape index (κ3) is 2.15. The van der Waals surface area contributed by atoms with Gasteiger partial charge >= 0.3 is 5.97 Å². The van der Waals surface area contributed by atoms with Crippen LogP contribution in [0.3, 0.4) is 0 Å². The van der Waals surface area contributed by atoms with Crippen molar-refractivity contribution in [2.24, 2.45) is 5.92 Å². The number of hydrogen-bond acceptors (Lipinski definition) is 3. The molecule has 1 aromatic carbocycles. The molecule has 0 radical (unpaired) electrons. The van der Waals surface area contributed by atoms with E-state index in [1.807, 2.05) is 30.3 Å². The highest BCUT2D eigenvalue weighted by Crippen LogP contribution is 2.09. The topological polar surface area (TPSA) is 55.4 Å². The van der Waals surface area contributed by atoms with Gasteiger partial charge in [-0.25, -0.2) is 0 Å². The number of β-lactam (4-membered cyclic amide) rings is 1. The van der Waals surface area contributed by atoms with E-state index in [2.05, 4.69) is 5.32 Å². The van der Waals surface area contributed by atoms with Gasteiger partial charge in [-0.1, -0.05) is 30.3 Å². The number of esters is 1. The molecule has 1 saturated heterocycles. The predicted octanol–water partition coefficient (Wildman–Crippen LogP) is 0.476. The summed E-state index contributed by atoms with van der Waals surface area (Å²) in [5.41, 5.74) is 0.922. The first-order valence-corrected chi connectivity index (χ1v) is 4.75. The first-order chi connectivity index (χ1) is 7.27. The molecule has 0 aliphatic carbocycles. The third-order valence-electron chi connectivity index (χ3n) is 2.31. The quantitative estimate of drug-likeness (QED) is 0.443. The fourth-order valence-corrected chi connectivity index (χ4v) is 1.31. The molecule has 1 amide bonds. The van der Waals surface area contributed by atoms with Crippen LogP contribution in [0.1, 0.15) is 5.56 Å². The number of ether oxygens (including phenoxy) is 1. The molecule has 0 unspecified atom stereocenters. The van der Waals surface area contributed by atoms with Gasteiger partial charge in [0.05, 0.1) is 0 Å². The molecule has 2 rings (SSSR count). The van der Waals surface area contributed by atoms with E-state index >= 15 is 0 Å². The zero-order valence-electron chi connectivity index (χ0n) is 8.10. The van der Waals surface area contributed by atoms with Gasteiger partial charge < -0.3 is 10.1 Å². The van der Waals surface area contributed by atoms with Gasteiger partial charge in [-0.3, -0.25) is 9.59 Å². The Hall–Kier alpha value is -1.84. The maximum atomic E-state index is 11.3. The molecule has 0 saturated carbocycles. The Morgan fingerprint density at radius 3 is 2.67 bits per heavy atom. The van der Waals surface area contributed by atoms with Crippen molar-refractivity contribution in [3.8, 4) is 0 Å². The Morgan fingerprint density at radius 2 is 2.13 bits per heavy atom. The molecule has 1 aromatic rings. The number of nitrogens with one attached hydrogen (secondary N) is 1. The van der Waals surface area contributed by atoms with Crippen LogP contribution in [-0.4, -0.2) is 18.4 Å². The van der Waals surface area contributed by atoms with Crippen molar-refractivity contribution in [3.63, 3.8) is 0 Å². The molecule has 4 nitrogen and oxygen atoms in total. The number of hydrogen-bond donors (Lipinski definition) is 1. The number of rotatable bonds is 3. The fourth-order valence-electron chi connectivity index (χ4n) is 1.31. The van der Waals surface area contributed by atoms with Gasteiger partial charge in [-0.15, -0.1) is 0 Å². The van der Waals surface area contributed by atoms with Crippen LogP contribution in [0.25, 0.3) is 0 Å².